The monoisotopic (exact) mass is 792 g/mol. The molecule has 3 aliphatic rings. The van der Waals surface area contributed by atoms with E-state index in [1.165, 1.54) is 83.2 Å². The van der Waals surface area contributed by atoms with Crippen LogP contribution >= 0.6 is 0 Å². The largest absolute Gasteiger partial charge is 0.313 e. The number of benzene rings is 7. The number of fused-ring (bicyclic) bond motifs is 4. The van der Waals surface area contributed by atoms with Crippen molar-refractivity contribution in [1.82, 2.24) is 4.57 Å². The van der Waals surface area contributed by atoms with Crippen LogP contribution in [0.4, 0.5) is 17.1 Å². The average molecular weight is 793 g/mol. The van der Waals surface area contributed by atoms with Crippen molar-refractivity contribution < 1.29 is 0 Å². The molecule has 0 N–H and O–H groups in total. The van der Waals surface area contributed by atoms with Gasteiger partial charge in [-0.1, -0.05) is 157 Å². The lowest BCUT2D eigenvalue weighted by molar-refractivity contribution is 0.957. The van der Waals surface area contributed by atoms with Crippen LogP contribution in [0.2, 0.25) is 0 Å². The molecule has 0 bridgehead atoms. The first-order valence-electron chi connectivity index (χ1n) is 21.7. The average Bonchev–Trinajstić information content (AvgIpc) is 3.57. The molecule has 62 heavy (non-hydrogen) atoms. The van der Waals surface area contributed by atoms with Crippen molar-refractivity contribution in [3.05, 3.63) is 235 Å². The van der Waals surface area contributed by atoms with Crippen molar-refractivity contribution in [1.29, 1.82) is 0 Å². The topological polar surface area (TPSA) is 8.17 Å². The summed E-state index contributed by atoms with van der Waals surface area (Å²) in [5.41, 5.74) is 18.2. The molecule has 0 radical (unpaired) electrons. The first kappa shape index (κ1) is 37.2. The number of rotatable bonds is 8. The van der Waals surface area contributed by atoms with E-state index in [-0.39, 0.29) is 0 Å². The molecule has 0 fully saturated rings. The summed E-state index contributed by atoms with van der Waals surface area (Å²) in [7, 11) is 0. The van der Waals surface area contributed by atoms with Crippen molar-refractivity contribution >= 4 is 61.7 Å². The van der Waals surface area contributed by atoms with Crippen LogP contribution in [0.3, 0.4) is 0 Å². The van der Waals surface area contributed by atoms with E-state index in [0.29, 0.717) is 0 Å². The van der Waals surface area contributed by atoms with Crippen molar-refractivity contribution in [3.63, 3.8) is 0 Å². The Kier molecular flexibility index (Phi) is 9.77. The van der Waals surface area contributed by atoms with Gasteiger partial charge in [-0.25, -0.2) is 0 Å². The van der Waals surface area contributed by atoms with Crippen molar-refractivity contribution in [2.75, 3.05) is 4.90 Å². The Morgan fingerprint density at radius 3 is 1.97 bits per heavy atom. The summed E-state index contributed by atoms with van der Waals surface area (Å²) >= 11 is 0. The molecule has 294 valence electrons. The van der Waals surface area contributed by atoms with Gasteiger partial charge in [-0.15, -0.1) is 0 Å². The number of para-hydroxylation sites is 1. The maximum absolute atomic E-state index is 3.33. The van der Waals surface area contributed by atoms with Crippen LogP contribution in [-0.2, 0) is 6.42 Å². The van der Waals surface area contributed by atoms with Crippen LogP contribution in [0.1, 0.15) is 41.6 Å². The Hall–Kier alpha value is -7.86. The molecule has 2 nitrogen and oxygen atoms in total. The van der Waals surface area contributed by atoms with E-state index in [0.717, 1.165) is 42.7 Å². The lowest BCUT2D eigenvalue weighted by atomic mass is 9.92. The zero-order valence-corrected chi connectivity index (χ0v) is 34.5. The molecule has 3 aliphatic carbocycles. The van der Waals surface area contributed by atoms with Gasteiger partial charge >= 0.3 is 0 Å². The summed E-state index contributed by atoms with van der Waals surface area (Å²) in [6.45, 7) is 0. The van der Waals surface area contributed by atoms with Crippen LogP contribution < -0.4 is 4.90 Å². The fraction of sp³-hybridized carbons (Fsp3) is 0.0667. The number of hydrogen-bond acceptors (Lipinski definition) is 1. The highest BCUT2D eigenvalue weighted by Gasteiger charge is 2.21. The zero-order chi connectivity index (χ0) is 41.2. The van der Waals surface area contributed by atoms with E-state index in [9.17, 15) is 0 Å². The minimum atomic E-state index is 0.764. The summed E-state index contributed by atoms with van der Waals surface area (Å²) < 4.78 is 2.46. The van der Waals surface area contributed by atoms with Crippen molar-refractivity contribution in [2.24, 2.45) is 0 Å². The van der Waals surface area contributed by atoms with E-state index in [1.54, 1.807) is 0 Å². The molecule has 7 aromatic carbocycles. The predicted molar refractivity (Wildman–Crippen MR) is 264 cm³/mol. The molecule has 0 unspecified atom stereocenters. The quantitative estimate of drug-likeness (QED) is 0.139. The molecule has 1 aromatic heterocycles. The molecule has 0 atom stereocenters. The van der Waals surface area contributed by atoms with Crippen molar-refractivity contribution in [2.45, 2.75) is 25.7 Å². The molecular formula is C60H44N2. The highest BCUT2D eigenvalue weighted by molar-refractivity contribution is 6.00. The number of anilines is 3. The Balaban J connectivity index is 0.952. The third-order valence-electron chi connectivity index (χ3n) is 12.4. The Labute approximate surface area is 364 Å². The fourth-order valence-electron chi connectivity index (χ4n) is 9.36. The lowest BCUT2D eigenvalue weighted by Crippen LogP contribution is -2.10. The van der Waals surface area contributed by atoms with Gasteiger partial charge in [-0.2, -0.15) is 0 Å². The first-order valence-corrected chi connectivity index (χ1v) is 21.7. The lowest BCUT2D eigenvalue weighted by Gasteiger charge is -2.26. The van der Waals surface area contributed by atoms with Gasteiger partial charge in [0.1, 0.15) is 0 Å². The molecule has 0 saturated carbocycles. The minimum Gasteiger partial charge on any atom is -0.313 e. The van der Waals surface area contributed by atoms with Gasteiger partial charge in [0.15, 0.2) is 0 Å². The maximum Gasteiger partial charge on any atom is 0.0534 e. The Bertz CT molecular complexity index is 3240. The number of allylic oxidation sites excluding steroid dienone is 11. The number of hydrogen-bond donors (Lipinski definition) is 0. The smallest absolute Gasteiger partial charge is 0.0534 e. The molecule has 8 aromatic rings. The Morgan fingerprint density at radius 1 is 0.532 bits per heavy atom. The van der Waals surface area contributed by atoms with Gasteiger partial charge in [-0.3, -0.25) is 0 Å². The van der Waals surface area contributed by atoms with Crippen LogP contribution in [0.25, 0.3) is 66.8 Å². The van der Waals surface area contributed by atoms with Crippen molar-refractivity contribution in [3.8, 4) is 34.1 Å². The van der Waals surface area contributed by atoms with E-state index >= 15 is 0 Å². The van der Waals surface area contributed by atoms with Gasteiger partial charge < -0.3 is 9.47 Å². The van der Waals surface area contributed by atoms with Crippen LogP contribution in [-0.4, -0.2) is 4.57 Å². The summed E-state index contributed by atoms with van der Waals surface area (Å²) in [6, 6.07) is 59.9. The second-order valence-corrected chi connectivity index (χ2v) is 16.2. The number of aromatic nitrogens is 1. The predicted octanol–water partition coefficient (Wildman–Crippen LogP) is 15.8. The van der Waals surface area contributed by atoms with E-state index in [2.05, 4.69) is 234 Å². The molecule has 0 spiro atoms. The Morgan fingerprint density at radius 2 is 1.19 bits per heavy atom. The second kappa shape index (κ2) is 16.3. The van der Waals surface area contributed by atoms with Gasteiger partial charge in [0.05, 0.1) is 11.2 Å². The molecule has 0 amide bonds. The summed E-state index contributed by atoms with van der Waals surface area (Å²) in [4.78, 5) is 2.37. The summed E-state index contributed by atoms with van der Waals surface area (Å²) in [5, 5.41) is 3.81. The normalized spacial score (nSPS) is 14.3. The minimum absolute atomic E-state index is 0.764. The molecule has 1 heterocycles. The van der Waals surface area contributed by atoms with E-state index in [4.69, 9.17) is 0 Å². The van der Waals surface area contributed by atoms with Crippen LogP contribution in [0.5, 0.6) is 0 Å². The second-order valence-electron chi connectivity index (χ2n) is 16.2. The SMILES string of the molecule is C1#CCc2c(n(C3=CC(c4ccc(N(c5ccc(-c6ccccc6)cc5)c5ccc(-c6cc(C7=CCC=CC=C7)c7ccccc7c6)cc5)cc4)=CCC3)c3ccccc23)C=C1. The zero-order valence-electron chi connectivity index (χ0n) is 34.5. The molecular weight excluding hydrogens is 749 g/mol. The standard InChI is InChI=1S/C60H44N2/c1-2-6-19-47(18-5-1)58-42-50(40-49-20-11-12-23-55(49)58)46-32-38-53(39-33-46)61(51-34-28-44(29-35-51)43-16-7-3-8-17-43)52-36-30-45(31-37-52)48-21-15-22-54(41-48)62-59-26-10-4-9-24-56(59)57-25-13-14-27-60(57)62/h1-3,5,7-8,10-14,16-21,23,25-42H,6,15,22,24H2. The first-order chi connectivity index (χ1) is 30.7. The fourth-order valence-corrected chi connectivity index (χ4v) is 9.36. The highest BCUT2D eigenvalue weighted by atomic mass is 15.1. The molecule has 11 rings (SSSR count). The van der Waals surface area contributed by atoms with Gasteiger partial charge in [0.25, 0.3) is 0 Å². The van der Waals surface area contributed by atoms with Gasteiger partial charge in [0.2, 0.25) is 0 Å². The van der Waals surface area contributed by atoms with Gasteiger partial charge in [-0.05, 0) is 153 Å². The third-order valence-corrected chi connectivity index (χ3v) is 12.4. The number of nitrogens with zero attached hydrogens (tertiary/aromatic N) is 2. The molecule has 2 heteroatoms. The highest BCUT2D eigenvalue weighted by Crippen LogP contribution is 2.41. The molecule has 0 saturated heterocycles. The summed E-state index contributed by atoms with van der Waals surface area (Å²) in [6.07, 6.45) is 23.7. The third kappa shape index (κ3) is 7.04. The van der Waals surface area contributed by atoms with E-state index < -0.39 is 0 Å². The van der Waals surface area contributed by atoms with Crippen LogP contribution in [0, 0.1) is 11.8 Å². The van der Waals surface area contributed by atoms with Crippen LogP contribution in [0.15, 0.2) is 212 Å². The van der Waals surface area contributed by atoms with Gasteiger partial charge in [0, 0.05) is 34.6 Å². The maximum atomic E-state index is 3.33. The summed E-state index contributed by atoms with van der Waals surface area (Å²) in [5.74, 6) is 6.54. The van der Waals surface area contributed by atoms with E-state index in [1.807, 2.05) is 6.08 Å². The molecule has 0 aliphatic heterocycles.